The van der Waals surface area contributed by atoms with Gasteiger partial charge in [0.25, 0.3) is 5.56 Å². The van der Waals surface area contributed by atoms with Crippen LogP contribution in [0.5, 0.6) is 0 Å². The van der Waals surface area contributed by atoms with Gasteiger partial charge >= 0.3 is 0 Å². The Labute approximate surface area is 121 Å². The zero-order valence-electron chi connectivity index (χ0n) is 12.8. The largest absolute Gasteiger partial charge is 0.398 e. The molecular formula is C15H26N4O. The number of nitrogen functional groups attached to an aromatic ring is 1. The van der Waals surface area contributed by atoms with Crippen LogP contribution in [0.4, 0.5) is 5.69 Å². The molecule has 0 aliphatic carbocycles. The van der Waals surface area contributed by atoms with Gasteiger partial charge in [-0.3, -0.25) is 9.69 Å². The van der Waals surface area contributed by atoms with Crippen LogP contribution >= 0.6 is 0 Å². The Morgan fingerprint density at radius 3 is 2.70 bits per heavy atom. The summed E-state index contributed by atoms with van der Waals surface area (Å²) in [6.45, 7) is 9.60. The van der Waals surface area contributed by atoms with E-state index >= 15 is 0 Å². The maximum atomic E-state index is 11.7. The standard InChI is InChI=1S/C15H26N4O/c1-15(2)12-18(10-9-17(15)3)7-4-8-19-11-13(16)5-6-14(19)20/h5-6,11H,4,7-10,12,16H2,1-3H3. The summed E-state index contributed by atoms with van der Waals surface area (Å²) in [5.74, 6) is 0. The van der Waals surface area contributed by atoms with Crippen LogP contribution in [-0.4, -0.2) is 53.1 Å². The quantitative estimate of drug-likeness (QED) is 0.887. The maximum absolute atomic E-state index is 11.7. The molecule has 2 rings (SSSR count). The highest BCUT2D eigenvalue weighted by Gasteiger charge is 2.30. The van der Waals surface area contributed by atoms with Gasteiger partial charge in [-0.25, -0.2) is 0 Å². The number of hydrogen-bond donors (Lipinski definition) is 1. The van der Waals surface area contributed by atoms with Crippen molar-refractivity contribution in [2.24, 2.45) is 0 Å². The molecular weight excluding hydrogens is 252 g/mol. The van der Waals surface area contributed by atoms with E-state index in [2.05, 4.69) is 30.7 Å². The van der Waals surface area contributed by atoms with Crippen LogP contribution in [0.1, 0.15) is 20.3 Å². The van der Waals surface area contributed by atoms with E-state index in [-0.39, 0.29) is 11.1 Å². The summed E-state index contributed by atoms with van der Waals surface area (Å²) in [6.07, 6.45) is 2.71. The van der Waals surface area contributed by atoms with Crippen molar-refractivity contribution in [3.05, 3.63) is 28.7 Å². The lowest BCUT2D eigenvalue weighted by Crippen LogP contribution is -2.57. The average Bonchev–Trinajstić information content (AvgIpc) is 2.37. The Hall–Kier alpha value is -1.33. The summed E-state index contributed by atoms with van der Waals surface area (Å²) < 4.78 is 1.70. The van der Waals surface area contributed by atoms with Crippen LogP contribution in [-0.2, 0) is 6.54 Å². The zero-order valence-corrected chi connectivity index (χ0v) is 12.8. The molecule has 0 amide bonds. The second-order valence-corrected chi connectivity index (χ2v) is 6.36. The van der Waals surface area contributed by atoms with Gasteiger partial charge in [0.2, 0.25) is 0 Å². The average molecular weight is 278 g/mol. The van der Waals surface area contributed by atoms with Crippen molar-refractivity contribution in [3.8, 4) is 0 Å². The van der Waals surface area contributed by atoms with Gasteiger partial charge in [-0.2, -0.15) is 0 Å². The molecule has 0 saturated carbocycles. The molecule has 5 heteroatoms. The zero-order chi connectivity index (χ0) is 14.8. The van der Waals surface area contributed by atoms with Gasteiger partial charge < -0.3 is 15.2 Å². The molecule has 1 fully saturated rings. The van der Waals surface area contributed by atoms with E-state index in [0.29, 0.717) is 5.69 Å². The summed E-state index contributed by atoms with van der Waals surface area (Å²) in [4.78, 5) is 16.6. The number of aryl methyl sites for hydroxylation is 1. The van der Waals surface area contributed by atoms with E-state index in [1.165, 1.54) is 6.07 Å². The van der Waals surface area contributed by atoms with Gasteiger partial charge in [-0.15, -0.1) is 0 Å². The second-order valence-electron chi connectivity index (χ2n) is 6.36. The van der Waals surface area contributed by atoms with E-state index in [0.717, 1.165) is 39.1 Å². The van der Waals surface area contributed by atoms with Crippen molar-refractivity contribution in [3.63, 3.8) is 0 Å². The minimum atomic E-state index is 0.0258. The number of piperazine rings is 1. The van der Waals surface area contributed by atoms with Crippen LogP contribution in [0.3, 0.4) is 0 Å². The first-order chi connectivity index (χ1) is 9.38. The maximum Gasteiger partial charge on any atom is 0.250 e. The number of likely N-dealkylation sites (N-methyl/N-ethyl adjacent to an activating group) is 1. The summed E-state index contributed by atoms with van der Waals surface area (Å²) in [6, 6.07) is 3.19. The fourth-order valence-corrected chi connectivity index (χ4v) is 2.72. The smallest absolute Gasteiger partial charge is 0.250 e. The summed E-state index contributed by atoms with van der Waals surface area (Å²) in [7, 11) is 2.18. The van der Waals surface area contributed by atoms with E-state index in [1.54, 1.807) is 16.8 Å². The first-order valence-corrected chi connectivity index (χ1v) is 7.28. The Bertz CT molecular complexity index is 509. The number of anilines is 1. The van der Waals surface area contributed by atoms with E-state index in [9.17, 15) is 4.79 Å². The molecule has 0 aromatic carbocycles. The molecule has 0 bridgehead atoms. The van der Waals surface area contributed by atoms with Crippen LogP contribution in [0.15, 0.2) is 23.1 Å². The summed E-state index contributed by atoms with van der Waals surface area (Å²) >= 11 is 0. The lowest BCUT2D eigenvalue weighted by Gasteiger charge is -2.45. The van der Waals surface area contributed by atoms with Crippen molar-refractivity contribution in [1.82, 2.24) is 14.4 Å². The molecule has 2 heterocycles. The Morgan fingerprint density at radius 1 is 1.25 bits per heavy atom. The van der Waals surface area contributed by atoms with Crippen LogP contribution in [0.25, 0.3) is 0 Å². The second kappa shape index (κ2) is 5.97. The topological polar surface area (TPSA) is 54.5 Å². The fraction of sp³-hybridized carbons (Fsp3) is 0.667. The van der Waals surface area contributed by atoms with Crippen LogP contribution in [0.2, 0.25) is 0 Å². The molecule has 1 aliphatic rings. The lowest BCUT2D eigenvalue weighted by atomic mass is 10.00. The molecule has 1 saturated heterocycles. The molecule has 0 atom stereocenters. The molecule has 112 valence electrons. The Kier molecular flexibility index (Phi) is 4.50. The highest BCUT2D eigenvalue weighted by atomic mass is 16.1. The van der Waals surface area contributed by atoms with Gasteiger partial charge in [0.05, 0.1) is 0 Å². The Balaban J connectivity index is 1.84. The minimum absolute atomic E-state index is 0.0258. The molecule has 0 radical (unpaired) electrons. The third-order valence-corrected chi connectivity index (χ3v) is 4.28. The van der Waals surface area contributed by atoms with Gasteiger partial charge in [0.1, 0.15) is 0 Å². The molecule has 0 spiro atoms. The third-order valence-electron chi connectivity index (χ3n) is 4.28. The highest BCUT2D eigenvalue weighted by molar-refractivity contribution is 5.33. The molecule has 1 aliphatic heterocycles. The van der Waals surface area contributed by atoms with Gasteiger partial charge in [0.15, 0.2) is 0 Å². The third kappa shape index (κ3) is 3.61. The molecule has 5 nitrogen and oxygen atoms in total. The lowest BCUT2D eigenvalue weighted by molar-refractivity contribution is 0.0390. The van der Waals surface area contributed by atoms with Crippen molar-refractivity contribution in [2.45, 2.75) is 32.4 Å². The summed E-state index contributed by atoms with van der Waals surface area (Å²) in [5.41, 5.74) is 6.62. The number of aromatic nitrogens is 1. The van der Waals surface area contributed by atoms with Crippen molar-refractivity contribution in [2.75, 3.05) is 39.0 Å². The fourth-order valence-electron chi connectivity index (χ4n) is 2.72. The number of nitrogens with two attached hydrogens (primary N) is 1. The van der Waals surface area contributed by atoms with E-state index in [4.69, 9.17) is 5.73 Å². The van der Waals surface area contributed by atoms with Gasteiger partial charge in [-0.1, -0.05) is 0 Å². The predicted octanol–water partition coefficient (Wildman–Crippen LogP) is 0.847. The molecule has 20 heavy (non-hydrogen) atoms. The molecule has 0 unspecified atom stereocenters. The monoisotopic (exact) mass is 278 g/mol. The number of hydrogen-bond acceptors (Lipinski definition) is 4. The van der Waals surface area contributed by atoms with Crippen molar-refractivity contribution < 1.29 is 0 Å². The van der Waals surface area contributed by atoms with Crippen LogP contribution in [0, 0.1) is 0 Å². The molecule has 1 aromatic heterocycles. The first-order valence-electron chi connectivity index (χ1n) is 7.28. The normalized spacial score (nSPS) is 20.1. The summed E-state index contributed by atoms with van der Waals surface area (Å²) in [5, 5.41) is 0. The minimum Gasteiger partial charge on any atom is -0.398 e. The van der Waals surface area contributed by atoms with Gasteiger partial charge in [0, 0.05) is 49.7 Å². The van der Waals surface area contributed by atoms with Gasteiger partial charge in [-0.05, 0) is 39.9 Å². The highest BCUT2D eigenvalue weighted by Crippen LogP contribution is 2.18. The van der Waals surface area contributed by atoms with E-state index in [1.807, 2.05) is 0 Å². The van der Waals surface area contributed by atoms with Crippen molar-refractivity contribution in [1.29, 1.82) is 0 Å². The number of rotatable bonds is 4. The Morgan fingerprint density at radius 2 is 2.00 bits per heavy atom. The molecule has 2 N–H and O–H groups in total. The number of nitrogens with zero attached hydrogens (tertiary/aromatic N) is 3. The SMILES string of the molecule is CN1CCN(CCCn2cc(N)ccc2=O)CC1(C)C. The molecule has 1 aromatic rings. The number of pyridine rings is 1. The van der Waals surface area contributed by atoms with E-state index < -0.39 is 0 Å². The van der Waals surface area contributed by atoms with Crippen molar-refractivity contribution >= 4 is 5.69 Å². The van der Waals surface area contributed by atoms with Crippen LogP contribution < -0.4 is 11.3 Å². The predicted molar refractivity (Wildman–Crippen MR) is 82.9 cm³/mol. The first kappa shape index (κ1) is 15.1.